The van der Waals surface area contributed by atoms with E-state index in [1.54, 1.807) is 6.20 Å². The fourth-order valence-corrected chi connectivity index (χ4v) is 7.48. The van der Waals surface area contributed by atoms with E-state index in [1.807, 2.05) is 18.2 Å². The van der Waals surface area contributed by atoms with Crippen molar-refractivity contribution in [3.63, 3.8) is 0 Å². The lowest BCUT2D eigenvalue weighted by Gasteiger charge is -2.34. The minimum Gasteiger partial charge on any atom is -0.461 e. The van der Waals surface area contributed by atoms with Gasteiger partial charge in [0.15, 0.2) is 5.82 Å². The van der Waals surface area contributed by atoms with Crippen LogP contribution in [0.5, 0.6) is 6.01 Å². The first kappa shape index (κ1) is 25.1. The third kappa shape index (κ3) is 4.55. The molecule has 2 aromatic heterocycles. The van der Waals surface area contributed by atoms with Gasteiger partial charge in [-0.3, -0.25) is 9.88 Å². The number of halogens is 1. The minimum atomic E-state index is -0.385. The molecule has 2 unspecified atom stereocenters. The molecule has 0 amide bonds. The molecular formula is C31H39FN6O. The number of hydrogen-bond acceptors (Lipinski definition) is 7. The third-order valence-electron chi connectivity index (χ3n) is 9.51. The molecular weight excluding hydrogens is 491 g/mol. The molecule has 206 valence electrons. The van der Waals surface area contributed by atoms with Crippen LogP contribution in [-0.2, 0) is 6.42 Å². The number of anilines is 1. The fraction of sp³-hybridized carbons (Fsp3) is 0.581. The van der Waals surface area contributed by atoms with Gasteiger partial charge in [0.25, 0.3) is 0 Å². The zero-order valence-corrected chi connectivity index (χ0v) is 23.0. The first-order valence-corrected chi connectivity index (χ1v) is 15.0. The molecule has 1 aromatic carbocycles. The number of nitrogens with zero attached hydrogens (tertiary/aromatic N) is 5. The Kier molecular flexibility index (Phi) is 6.63. The van der Waals surface area contributed by atoms with Gasteiger partial charge in [-0.25, -0.2) is 4.39 Å². The summed E-state index contributed by atoms with van der Waals surface area (Å²) >= 11 is 0. The largest absolute Gasteiger partial charge is 0.461 e. The summed E-state index contributed by atoms with van der Waals surface area (Å²) in [5, 5.41) is 4.36. The molecule has 8 heteroatoms. The maximum atomic E-state index is 16.5. The maximum absolute atomic E-state index is 16.5. The highest BCUT2D eigenvalue weighted by Gasteiger charge is 2.45. The van der Waals surface area contributed by atoms with E-state index in [2.05, 4.69) is 28.1 Å². The van der Waals surface area contributed by atoms with Crippen LogP contribution in [0.4, 0.5) is 10.2 Å². The fourth-order valence-electron chi connectivity index (χ4n) is 7.48. The van der Waals surface area contributed by atoms with E-state index in [0.29, 0.717) is 35.3 Å². The van der Waals surface area contributed by atoms with Crippen molar-refractivity contribution in [1.29, 1.82) is 0 Å². The van der Waals surface area contributed by atoms with Crippen LogP contribution in [0.15, 0.2) is 30.5 Å². The maximum Gasteiger partial charge on any atom is 0.319 e. The van der Waals surface area contributed by atoms with Crippen molar-refractivity contribution in [2.24, 2.45) is 0 Å². The number of hydrogen-bond donors (Lipinski definition) is 1. The Morgan fingerprint density at radius 2 is 1.85 bits per heavy atom. The standard InChI is InChI=1S/C31H39FN6O/c1-2-3-8-21-9-4-5-10-24(21)27-26(32)28-25(17-33-27)29(37-18-22-11-12-23(19-37)34-22)36-30(35-28)39-20-31-13-6-15-38(31)16-7-14-31/h4-5,9-10,17,22-23,34H,2-3,6-8,11-16,18-20H2,1H3. The van der Waals surface area contributed by atoms with Gasteiger partial charge in [0.05, 0.1) is 10.9 Å². The molecule has 7 rings (SSSR count). The van der Waals surface area contributed by atoms with E-state index in [-0.39, 0.29) is 17.4 Å². The Morgan fingerprint density at radius 3 is 2.62 bits per heavy atom. The van der Waals surface area contributed by atoms with Crippen molar-refractivity contribution in [2.75, 3.05) is 37.7 Å². The predicted octanol–water partition coefficient (Wildman–Crippen LogP) is 5.12. The minimum absolute atomic E-state index is 0.0762. The number of aromatic nitrogens is 3. The zero-order chi connectivity index (χ0) is 26.4. The van der Waals surface area contributed by atoms with Crippen molar-refractivity contribution in [3.05, 3.63) is 41.8 Å². The van der Waals surface area contributed by atoms with Crippen LogP contribution in [0.25, 0.3) is 22.2 Å². The average Bonchev–Trinajstić information content (AvgIpc) is 3.64. The summed E-state index contributed by atoms with van der Waals surface area (Å²) in [4.78, 5) is 19.2. The van der Waals surface area contributed by atoms with Crippen molar-refractivity contribution in [1.82, 2.24) is 25.2 Å². The lowest BCUT2D eigenvalue weighted by Crippen LogP contribution is -2.51. The Labute approximate surface area is 230 Å². The lowest BCUT2D eigenvalue weighted by molar-refractivity contribution is 0.108. The van der Waals surface area contributed by atoms with E-state index in [1.165, 1.54) is 12.8 Å². The highest BCUT2D eigenvalue weighted by molar-refractivity contribution is 5.92. The van der Waals surface area contributed by atoms with Crippen LogP contribution >= 0.6 is 0 Å². The Bertz CT molecular complexity index is 1340. The molecule has 0 saturated carbocycles. The number of benzene rings is 1. The first-order valence-electron chi connectivity index (χ1n) is 15.0. The van der Waals surface area contributed by atoms with Gasteiger partial charge in [-0.1, -0.05) is 37.6 Å². The number of aryl methyl sites for hydroxylation is 1. The number of pyridine rings is 1. The second-order valence-corrected chi connectivity index (χ2v) is 12.0. The number of nitrogens with one attached hydrogen (secondary N) is 1. The van der Waals surface area contributed by atoms with Gasteiger partial charge in [0.2, 0.25) is 0 Å². The van der Waals surface area contributed by atoms with Crippen molar-refractivity contribution >= 4 is 16.7 Å². The summed E-state index contributed by atoms with van der Waals surface area (Å²) < 4.78 is 22.8. The van der Waals surface area contributed by atoms with Gasteiger partial charge >= 0.3 is 6.01 Å². The highest BCUT2D eigenvalue weighted by atomic mass is 19.1. The molecule has 0 radical (unpaired) electrons. The van der Waals surface area contributed by atoms with Gasteiger partial charge in [-0.2, -0.15) is 9.97 Å². The number of fused-ring (bicyclic) bond motifs is 4. The molecule has 4 fully saturated rings. The number of piperazine rings is 1. The van der Waals surface area contributed by atoms with E-state index < -0.39 is 0 Å². The second kappa shape index (κ2) is 10.3. The molecule has 39 heavy (non-hydrogen) atoms. The Morgan fingerprint density at radius 1 is 1.08 bits per heavy atom. The molecule has 2 atom stereocenters. The lowest BCUT2D eigenvalue weighted by atomic mass is 9.95. The van der Waals surface area contributed by atoms with Crippen LogP contribution in [0.1, 0.15) is 63.9 Å². The van der Waals surface area contributed by atoms with Crippen molar-refractivity contribution < 1.29 is 9.13 Å². The molecule has 2 bridgehead atoms. The molecule has 6 heterocycles. The van der Waals surface area contributed by atoms with Gasteiger partial charge in [0.1, 0.15) is 23.6 Å². The summed E-state index contributed by atoms with van der Waals surface area (Å²) in [5.41, 5.74) is 2.72. The summed E-state index contributed by atoms with van der Waals surface area (Å²) in [7, 11) is 0. The average molecular weight is 531 g/mol. The van der Waals surface area contributed by atoms with Gasteiger partial charge in [0, 0.05) is 36.9 Å². The second-order valence-electron chi connectivity index (χ2n) is 12.0. The first-order chi connectivity index (χ1) is 19.1. The molecule has 4 aliphatic heterocycles. The zero-order valence-electron chi connectivity index (χ0n) is 23.0. The van der Waals surface area contributed by atoms with Crippen LogP contribution < -0.4 is 15.0 Å². The van der Waals surface area contributed by atoms with Gasteiger partial charge in [-0.15, -0.1) is 0 Å². The van der Waals surface area contributed by atoms with Gasteiger partial charge in [-0.05, 0) is 70.0 Å². The summed E-state index contributed by atoms with van der Waals surface area (Å²) in [5.74, 6) is 0.363. The summed E-state index contributed by atoms with van der Waals surface area (Å²) in [6.07, 6.45) is 11.9. The molecule has 4 aliphatic rings. The highest BCUT2D eigenvalue weighted by Crippen LogP contribution is 2.40. The normalized spacial score (nSPS) is 24.0. The Balaban J connectivity index is 1.30. The molecule has 0 aliphatic carbocycles. The van der Waals surface area contributed by atoms with E-state index in [0.717, 1.165) is 88.1 Å². The quantitative estimate of drug-likeness (QED) is 0.434. The van der Waals surface area contributed by atoms with Crippen LogP contribution in [0.3, 0.4) is 0 Å². The number of rotatable bonds is 8. The molecule has 4 saturated heterocycles. The SMILES string of the molecule is CCCCc1ccccc1-c1ncc2c(N3CC4CCC(C3)N4)nc(OCC34CCCN3CCC4)nc2c1F. The summed E-state index contributed by atoms with van der Waals surface area (Å²) in [6, 6.07) is 9.19. The van der Waals surface area contributed by atoms with Crippen LogP contribution in [0.2, 0.25) is 0 Å². The molecule has 1 N–H and O–H groups in total. The third-order valence-corrected chi connectivity index (χ3v) is 9.51. The number of unbranched alkanes of at least 4 members (excludes halogenated alkanes) is 1. The molecule has 0 spiro atoms. The Hall–Kier alpha value is -2.84. The van der Waals surface area contributed by atoms with Crippen molar-refractivity contribution in [2.45, 2.75) is 82.3 Å². The van der Waals surface area contributed by atoms with E-state index in [4.69, 9.17) is 19.7 Å². The van der Waals surface area contributed by atoms with Crippen LogP contribution in [-0.4, -0.2) is 70.3 Å². The molecule has 7 nitrogen and oxygen atoms in total. The smallest absolute Gasteiger partial charge is 0.319 e. The number of ether oxygens (including phenoxy) is 1. The predicted molar refractivity (Wildman–Crippen MR) is 152 cm³/mol. The van der Waals surface area contributed by atoms with E-state index in [9.17, 15) is 0 Å². The summed E-state index contributed by atoms with van der Waals surface area (Å²) in [6.45, 7) is 6.71. The molecule has 3 aromatic rings. The van der Waals surface area contributed by atoms with Crippen LogP contribution in [0, 0.1) is 5.82 Å². The van der Waals surface area contributed by atoms with Crippen molar-refractivity contribution in [3.8, 4) is 17.3 Å². The van der Waals surface area contributed by atoms with Gasteiger partial charge < -0.3 is 15.0 Å². The van der Waals surface area contributed by atoms with E-state index >= 15 is 4.39 Å². The monoisotopic (exact) mass is 530 g/mol. The topological polar surface area (TPSA) is 66.4 Å².